The highest BCUT2D eigenvalue weighted by Gasteiger charge is 2.23. The quantitative estimate of drug-likeness (QED) is 0.801. The van der Waals surface area contributed by atoms with E-state index in [-0.39, 0.29) is 16.6 Å². The van der Waals surface area contributed by atoms with Gasteiger partial charge in [0.05, 0.1) is 5.69 Å². The van der Waals surface area contributed by atoms with Crippen LogP contribution in [0.5, 0.6) is 0 Å². The van der Waals surface area contributed by atoms with E-state index in [0.717, 1.165) is 32.0 Å². The van der Waals surface area contributed by atoms with E-state index >= 15 is 0 Å². The molecule has 1 fully saturated rings. The van der Waals surface area contributed by atoms with Crippen molar-refractivity contribution in [3.63, 3.8) is 0 Å². The molecule has 3 N–H and O–H groups in total. The molecule has 1 atom stereocenters. The zero-order valence-corrected chi connectivity index (χ0v) is 12.3. The summed E-state index contributed by atoms with van der Waals surface area (Å²) in [5.74, 6) is -0.722. The second-order valence-electron chi connectivity index (χ2n) is 5.18. The molecule has 112 valence electrons. The van der Waals surface area contributed by atoms with Crippen LogP contribution in [0.15, 0.2) is 23.1 Å². The molecule has 1 aliphatic rings. The number of rotatable bonds is 5. The number of nitrogens with one attached hydrogen (secondary N) is 1. The van der Waals surface area contributed by atoms with Crippen molar-refractivity contribution in [2.45, 2.75) is 30.7 Å². The maximum absolute atomic E-state index is 13.3. The van der Waals surface area contributed by atoms with Crippen LogP contribution in [-0.4, -0.2) is 39.0 Å². The molecule has 0 radical (unpaired) electrons. The zero-order valence-electron chi connectivity index (χ0n) is 11.5. The lowest BCUT2D eigenvalue weighted by atomic mass is 10.3. The highest BCUT2D eigenvalue weighted by Crippen LogP contribution is 2.21. The fourth-order valence-electron chi connectivity index (χ4n) is 2.47. The molecule has 20 heavy (non-hydrogen) atoms. The maximum Gasteiger partial charge on any atom is 0.243 e. The van der Waals surface area contributed by atoms with Crippen LogP contribution in [0.4, 0.5) is 10.1 Å². The molecular weight excluding hydrogens is 281 g/mol. The molecule has 1 aromatic carbocycles. The number of nitrogen functional groups attached to an aromatic ring is 1. The number of anilines is 1. The highest BCUT2D eigenvalue weighted by atomic mass is 32.2. The Morgan fingerprint density at radius 2 is 2.05 bits per heavy atom. The summed E-state index contributed by atoms with van der Waals surface area (Å²) in [6.07, 6.45) is 2.30. The van der Waals surface area contributed by atoms with Crippen LogP contribution in [0, 0.1) is 5.82 Å². The van der Waals surface area contributed by atoms with E-state index < -0.39 is 15.8 Å². The Hall–Kier alpha value is -1.18. The van der Waals surface area contributed by atoms with Crippen LogP contribution in [0.25, 0.3) is 0 Å². The molecule has 1 aliphatic heterocycles. The van der Waals surface area contributed by atoms with Crippen molar-refractivity contribution in [3.8, 4) is 0 Å². The molecule has 1 saturated heterocycles. The Kier molecular flexibility index (Phi) is 4.62. The van der Waals surface area contributed by atoms with Gasteiger partial charge in [-0.1, -0.05) is 6.07 Å². The average Bonchev–Trinajstić information content (AvgIpc) is 2.84. The van der Waals surface area contributed by atoms with E-state index in [1.165, 1.54) is 12.1 Å². The second-order valence-corrected chi connectivity index (χ2v) is 6.86. The van der Waals surface area contributed by atoms with E-state index in [4.69, 9.17) is 5.73 Å². The minimum absolute atomic E-state index is 0.203. The molecule has 0 aromatic heterocycles. The largest absolute Gasteiger partial charge is 0.395 e. The summed E-state index contributed by atoms with van der Waals surface area (Å²) in [5, 5.41) is 0. The van der Waals surface area contributed by atoms with Gasteiger partial charge in [-0.05, 0) is 45.0 Å². The second kappa shape index (κ2) is 6.07. The average molecular weight is 301 g/mol. The van der Waals surface area contributed by atoms with Crippen molar-refractivity contribution < 1.29 is 12.8 Å². The van der Waals surface area contributed by atoms with Crippen molar-refractivity contribution in [1.29, 1.82) is 0 Å². The number of halogens is 1. The summed E-state index contributed by atoms with van der Waals surface area (Å²) in [6.45, 7) is 4.43. The van der Waals surface area contributed by atoms with Crippen LogP contribution in [0.2, 0.25) is 0 Å². The monoisotopic (exact) mass is 301 g/mol. The molecule has 2 rings (SSSR count). The topological polar surface area (TPSA) is 75.4 Å². The first-order valence-electron chi connectivity index (χ1n) is 6.69. The highest BCUT2D eigenvalue weighted by molar-refractivity contribution is 7.89. The molecule has 1 aromatic rings. The third-order valence-electron chi connectivity index (χ3n) is 3.39. The zero-order chi connectivity index (χ0) is 14.8. The molecule has 0 saturated carbocycles. The molecular formula is C13H20FN3O2S. The summed E-state index contributed by atoms with van der Waals surface area (Å²) in [7, 11) is -3.80. The number of nitrogens with two attached hydrogens (primary N) is 1. The number of benzene rings is 1. The lowest BCUT2D eigenvalue weighted by Gasteiger charge is -2.21. The first-order valence-corrected chi connectivity index (χ1v) is 8.17. The van der Waals surface area contributed by atoms with Crippen molar-refractivity contribution in [3.05, 3.63) is 24.0 Å². The van der Waals surface area contributed by atoms with Gasteiger partial charge in [-0.3, -0.25) is 0 Å². The van der Waals surface area contributed by atoms with Gasteiger partial charge >= 0.3 is 0 Å². The molecule has 0 aliphatic carbocycles. The minimum atomic E-state index is -3.80. The molecule has 0 bridgehead atoms. The number of para-hydroxylation sites is 1. The van der Waals surface area contributed by atoms with Crippen LogP contribution in [-0.2, 0) is 10.0 Å². The number of hydrogen-bond acceptors (Lipinski definition) is 4. The van der Waals surface area contributed by atoms with Gasteiger partial charge in [-0.25, -0.2) is 17.5 Å². The van der Waals surface area contributed by atoms with E-state index in [0.29, 0.717) is 6.54 Å². The summed E-state index contributed by atoms with van der Waals surface area (Å²) in [5.41, 5.74) is 5.16. The molecule has 1 unspecified atom stereocenters. The predicted octanol–water partition coefficient (Wildman–Crippen LogP) is 1.17. The predicted molar refractivity (Wildman–Crippen MR) is 76.3 cm³/mol. The lowest BCUT2D eigenvalue weighted by Crippen LogP contribution is -2.41. The van der Waals surface area contributed by atoms with Gasteiger partial charge in [0, 0.05) is 12.6 Å². The van der Waals surface area contributed by atoms with Crippen LogP contribution >= 0.6 is 0 Å². The normalized spacial score (nSPS) is 18.3. The first kappa shape index (κ1) is 15.2. The van der Waals surface area contributed by atoms with Gasteiger partial charge in [-0.2, -0.15) is 0 Å². The van der Waals surface area contributed by atoms with Crippen LogP contribution in [0.3, 0.4) is 0 Å². The molecule has 0 spiro atoms. The summed E-state index contributed by atoms with van der Waals surface area (Å²) < 4.78 is 40.3. The number of sulfonamides is 1. The third-order valence-corrected chi connectivity index (χ3v) is 5.04. The molecule has 5 nitrogen and oxygen atoms in total. The Balaban J connectivity index is 2.08. The third kappa shape index (κ3) is 3.47. The van der Waals surface area contributed by atoms with Gasteiger partial charge in [-0.15, -0.1) is 0 Å². The first-order chi connectivity index (χ1) is 9.40. The van der Waals surface area contributed by atoms with E-state index in [9.17, 15) is 12.8 Å². The van der Waals surface area contributed by atoms with Gasteiger partial charge in [0.1, 0.15) is 10.7 Å². The van der Waals surface area contributed by atoms with Crippen molar-refractivity contribution in [1.82, 2.24) is 9.62 Å². The Morgan fingerprint density at radius 1 is 1.40 bits per heavy atom. The van der Waals surface area contributed by atoms with Gasteiger partial charge in [0.25, 0.3) is 0 Å². The smallest absolute Gasteiger partial charge is 0.243 e. The van der Waals surface area contributed by atoms with Crippen molar-refractivity contribution >= 4 is 15.7 Å². The molecule has 7 heteroatoms. The Labute approximate surface area is 119 Å². The van der Waals surface area contributed by atoms with Gasteiger partial charge in [0.2, 0.25) is 10.0 Å². The lowest BCUT2D eigenvalue weighted by molar-refractivity contribution is 0.313. The maximum atomic E-state index is 13.3. The van der Waals surface area contributed by atoms with Crippen molar-refractivity contribution in [2.24, 2.45) is 0 Å². The Morgan fingerprint density at radius 3 is 2.70 bits per heavy atom. The summed E-state index contributed by atoms with van der Waals surface area (Å²) >= 11 is 0. The number of likely N-dealkylation sites (tertiary alicyclic amines) is 1. The molecule has 1 heterocycles. The minimum Gasteiger partial charge on any atom is -0.395 e. The van der Waals surface area contributed by atoms with Crippen LogP contribution < -0.4 is 10.5 Å². The fourth-order valence-corrected chi connectivity index (χ4v) is 3.85. The fraction of sp³-hybridized carbons (Fsp3) is 0.538. The van der Waals surface area contributed by atoms with Crippen molar-refractivity contribution in [2.75, 3.05) is 25.4 Å². The van der Waals surface area contributed by atoms with Gasteiger partial charge < -0.3 is 10.6 Å². The summed E-state index contributed by atoms with van der Waals surface area (Å²) in [6, 6.07) is 3.54. The SMILES string of the molecule is CC(CN1CCCC1)NS(=O)(=O)c1cccc(F)c1N. The van der Waals surface area contributed by atoms with E-state index in [2.05, 4.69) is 9.62 Å². The van der Waals surface area contributed by atoms with E-state index in [1.807, 2.05) is 0 Å². The Bertz CT molecular complexity index is 571. The van der Waals surface area contributed by atoms with E-state index in [1.54, 1.807) is 6.92 Å². The standard InChI is InChI=1S/C13H20FN3O2S/c1-10(9-17-7-2-3-8-17)16-20(18,19)12-6-4-5-11(14)13(12)15/h4-6,10,16H,2-3,7-9,15H2,1H3. The van der Waals surface area contributed by atoms with Crippen LogP contribution in [0.1, 0.15) is 19.8 Å². The summed E-state index contributed by atoms with van der Waals surface area (Å²) in [4.78, 5) is 2.01. The number of nitrogens with zero attached hydrogens (tertiary/aromatic N) is 1. The molecule has 0 amide bonds. The number of hydrogen-bond donors (Lipinski definition) is 2. The van der Waals surface area contributed by atoms with Gasteiger partial charge in [0.15, 0.2) is 0 Å².